The highest BCUT2D eigenvalue weighted by atomic mass is 31.1. The molecule has 0 radical (unpaired) electrons. The Hall–Kier alpha value is -2.69. The van der Waals surface area contributed by atoms with E-state index in [0.29, 0.717) is 17.5 Å². The minimum absolute atomic E-state index is 0.425. The Morgan fingerprint density at radius 1 is 0.393 bits per heavy atom. The van der Waals surface area contributed by atoms with Crippen LogP contribution in [0.4, 0.5) is 0 Å². The van der Waals surface area contributed by atoms with Crippen LogP contribution < -0.4 is 10.6 Å². The zero-order valence-corrected chi connectivity index (χ0v) is 16.6. The topological polar surface area (TPSA) is 0 Å². The van der Waals surface area contributed by atoms with E-state index in [0.717, 1.165) is 0 Å². The maximum absolute atomic E-state index is 2.32. The van der Waals surface area contributed by atoms with E-state index < -0.39 is 7.92 Å². The molecule has 28 heavy (non-hydrogen) atoms. The van der Waals surface area contributed by atoms with E-state index in [9.17, 15) is 0 Å². The van der Waals surface area contributed by atoms with Crippen molar-refractivity contribution in [2.45, 2.75) is 17.5 Å². The zero-order valence-electron chi connectivity index (χ0n) is 15.7. The van der Waals surface area contributed by atoms with Gasteiger partial charge in [-0.05, 0) is 41.5 Å². The molecule has 0 amide bonds. The molecule has 1 saturated carbocycles. The molecule has 0 bridgehead atoms. The third kappa shape index (κ3) is 3.30. The molecule has 1 aliphatic carbocycles. The van der Waals surface area contributed by atoms with Crippen LogP contribution >= 0.6 is 7.92 Å². The summed E-state index contributed by atoms with van der Waals surface area (Å²) in [5.74, 6) is 1.16. The van der Waals surface area contributed by atoms with Crippen molar-refractivity contribution in [2.24, 2.45) is 0 Å². The van der Waals surface area contributed by atoms with Crippen LogP contribution in [0.25, 0.3) is 0 Å². The Morgan fingerprint density at radius 2 is 0.714 bits per heavy atom. The number of rotatable bonds is 5. The first kappa shape index (κ1) is 17.4. The van der Waals surface area contributed by atoms with Crippen molar-refractivity contribution in [3.63, 3.8) is 0 Å². The van der Waals surface area contributed by atoms with Crippen molar-refractivity contribution in [3.8, 4) is 0 Å². The predicted molar refractivity (Wildman–Crippen MR) is 121 cm³/mol. The SMILES string of the molecule is c1ccc([C@H]2C(P(c3ccccc3)c3ccccc3)[C@@H]2c2ccccc2)cc1. The first-order chi connectivity index (χ1) is 13.9. The van der Waals surface area contributed by atoms with E-state index >= 15 is 0 Å². The van der Waals surface area contributed by atoms with Gasteiger partial charge in [0.25, 0.3) is 0 Å². The molecule has 1 aliphatic rings. The molecule has 0 unspecified atom stereocenters. The summed E-state index contributed by atoms with van der Waals surface area (Å²) in [5.41, 5.74) is 3.58. The molecular formula is C27H23P. The van der Waals surface area contributed by atoms with Crippen molar-refractivity contribution in [1.29, 1.82) is 0 Å². The van der Waals surface area contributed by atoms with Gasteiger partial charge in [0.2, 0.25) is 0 Å². The van der Waals surface area contributed by atoms with Gasteiger partial charge in [0.1, 0.15) is 0 Å². The summed E-state index contributed by atoms with van der Waals surface area (Å²) in [7, 11) is -0.425. The normalized spacial score (nSPS) is 20.8. The first-order valence-electron chi connectivity index (χ1n) is 9.93. The fourth-order valence-corrected chi connectivity index (χ4v) is 7.68. The van der Waals surface area contributed by atoms with Gasteiger partial charge in [-0.15, -0.1) is 0 Å². The van der Waals surface area contributed by atoms with E-state index in [1.807, 2.05) is 0 Å². The van der Waals surface area contributed by atoms with Crippen molar-refractivity contribution in [2.75, 3.05) is 0 Å². The molecule has 0 aromatic heterocycles. The molecule has 0 spiro atoms. The maximum atomic E-state index is 2.32. The molecule has 4 aromatic carbocycles. The monoisotopic (exact) mass is 378 g/mol. The quantitative estimate of drug-likeness (QED) is 0.370. The van der Waals surface area contributed by atoms with Gasteiger partial charge in [0.15, 0.2) is 0 Å². The van der Waals surface area contributed by atoms with Crippen molar-refractivity contribution in [3.05, 3.63) is 132 Å². The smallest absolute Gasteiger partial charge is 0.00211 e. The summed E-state index contributed by atoms with van der Waals surface area (Å²) < 4.78 is 0. The standard InChI is InChI=1S/C27H23P/c1-5-13-21(14-6-1)25-26(22-15-7-2-8-16-22)27(25)28(23-17-9-3-10-18-23)24-19-11-4-12-20-24/h1-20,25-27H/t25-,26-/m1/s1. The van der Waals surface area contributed by atoms with Crippen LogP contribution in [0, 0.1) is 0 Å². The second kappa shape index (κ2) is 7.74. The van der Waals surface area contributed by atoms with Crippen molar-refractivity contribution < 1.29 is 0 Å². The van der Waals surface area contributed by atoms with E-state index in [4.69, 9.17) is 0 Å². The molecule has 0 aliphatic heterocycles. The number of hydrogen-bond acceptors (Lipinski definition) is 0. The summed E-state index contributed by atoms with van der Waals surface area (Å²) in [5, 5.41) is 2.96. The zero-order chi connectivity index (χ0) is 18.8. The van der Waals surface area contributed by atoms with Gasteiger partial charge in [0, 0.05) is 5.66 Å². The Kier molecular flexibility index (Phi) is 4.81. The summed E-state index contributed by atoms with van der Waals surface area (Å²) in [6.45, 7) is 0. The van der Waals surface area contributed by atoms with Gasteiger partial charge in [-0.2, -0.15) is 0 Å². The van der Waals surface area contributed by atoms with Gasteiger partial charge in [-0.1, -0.05) is 121 Å². The lowest BCUT2D eigenvalue weighted by atomic mass is 10.0. The van der Waals surface area contributed by atoms with E-state index in [2.05, 4.69) is 121 Å². The van der Waals surface area contributed by atoms with Crippen molar-refractivity contribution in [1.82, 2.24) is 0 Å². The lowest BCUT2D eigenvalue weighted by Gasteiger charge is -2.20. The second-order valence-corrected chi connectivity index (χ2v) is 9.77. The average Bonchev–Trinajstić information content (AvgIpc) is 3.52. The van der Waals surface area contributed by atoms with Crippen LogP contribution in [-0.2, 0) is 0 Å². The van der Waals surface area contributed by atoms with Crippen LogP contribution in [-0.4, -0.2) is 5.66 Å². The average molecular weight is 378 g/mol. The molecule has 2 atom stereocenters. The molecule has 0 heterocycles. The lowest BCUT2D eigenvalue weighted by Crippen LogP contribution is -2.15. The summed E-state index contributed by atoms with van der Waals surface area (Å²) >= 11 is 0. The molecule has 4 aromatic rings. The highest BCUT2D eigenvalue weighted by molar-refractivity contribution is 7.74. The van der Waals surface area contributed by atoms with Gasteiger partial charge in [-0.3, -0.25) is 0 Å². The van der Waals surface area contributed by atoms with Crippen LogP contribution in [0.15, 0.2) is 121 Å². The first-order valence-corrected chi connectivity index (χ1v) is 11.3. The number of benzene rings is 4. The molecule has 0 saturated heterocycles. The Labute approximate surface area is 168 Å². The van der Waals surface area contributed by atoms with Gasteiger partial charge >= 0.3 is 0 Å². The minimum atomic E-state index is -0.425. The van der Waals surface area contributed by atoms with E-state index in [1.54, 1.807) is 0 Å². The molecule has 0 N–H and O–H groups in total. The second-order valence-electron chi connectivity index (χ2n) is 7.40. The third-order valence-electron chi connectivity index (χ3n) is 5.72. The van der Waals surface area contributed by atoms with Crippen LogP contribution in [0.5, 0.6) is 0 Å². The fraction of sp³-hybridized carbons (Fsp3) is 0.111. The van der Waals surface area contributed by atoms with E-state index in [-0.39, 0.29) is 0 Å². The highest BCUT2D eigenvalue weighted by Gasteiger charge is 2.55. The van der Waals surface area contributed by atoms with Crippen LogP contribution in [0.1, 0.15) is 23.0 Å². The molecule has 136 valence electrons. The minimum Gasteiger partial charge on any atom is -0.0622 e. The van der Waals surface area contributed by atoms with Crippen molar-refractivity contribution >= 4 is 18.5 Å². The summed E-state index contributed by atoms with van der Waals surface area (Å²) in [6.07, 6.45) is 0. The Bertz CT molecular complexity index is 928. The van der Waals surface area contributed by atoms with Crippen LogP contribution in [0.3, 0.4) is 0 Å². The van der Waals surface area contributed by atoms with Gasteiger partial charge < -0.3 is 0 Å². The molecular weight excluding hydrogens is 355 g/mol. The van der Waals surface area contributed by atoms with Gasteiger partial charge in [-0.25, -0.2) is 0 Å². The third-order valence-corrected chi connectivity index (χ3v) is 8.67. The largest absolute Gasteiger partial charge is 0.0622 e. The molecule has 1 heteroatoms. The molecule has 0 nitrogen and oxygen atoms in total. The predicted octanol–water partition coefficient (Wildman–Crippen LogP) is 6.07. The number of hydrogen-bond donors (Lipinski definition) is 0. The van der Waals surface area contributed by atoms with Crippen LogP contribution in [0.2, 0.25) is 0 Å². The summed E-state index contributed by atoms with van der Waals surface area (Å²) in [6, 6.07) is 44.5. The maximum Gasteiger partial charge on any atom is 0.00211 e. The lowest BCUT2D eigenvalue weighted by molar-refractivity contribution is 1.03. The Balaban J connectivity index is 1.62. The van der Waals surface area contributed by atoms with E-state index in [1.165, 1.54) is 21.7 Å². The molecule has 5 rings (SSSR count). The highest BCUT2D eigenvalue weighted by Crippen LogP contribution is 2.68. The fourth-order valence-electron chi connectivity index (χ4n) is 4.45. The molecule has 1 fully saturated rings. The van der Waals surface area contributed by atoms with Gasteiger partial charge in [0.05, 0.1) is 0 Å². The summed E-state index contributed by atoms with van der Waals surface area (Å²) in [4.78, 5) is 0. The Morgan fingerprint density at radius 3 is 1.07 bits per heavy atom.